The summed E-state index contributed by atoms with van der Waals surface area (Å²) in [4.78, 5) is 28.7. The number of nitrogens with zero attached hydrogens (tertiary/aromatic N) is 2. The van der Waals surface area contributed by atoms with Gasteiger partial charge in [0.2, 0.25) is 0 Å². The maximum absolute atomic E-state index is 12.3. The van der Waals surface area contributed by atoms with Crippen LogP contribution in [0.25, 0.3) is 10.2 Å². The van der Waals surface area contributed by atoms with Crippen molar-refractivity contribution < 1.29 is 19.1 Å². The molecule has 8 heteroatoms. The molecule has 6 nitrogen and oxygen atoms in total. The van der Waals surface area contributed by atoms with Crippen LogP contribution in [0.3, 0.4) is 0 Å². The molecule has 140 valence electrons. The minimum absolute atomic E-state index is 0.0405. The van der Waals surface area contributed by atoms with Crippen molar-refractivity contribution in [2.75, 3.05) is 13.2 Å². The number of esters is 1. The number of hydrogen-bond donors (Lipinski definition) is 0. The summed E-state index contributed by atoms with van der Waals surface area (Å²) in [5, 5.41) is 0.567. The lowest BCUT2D eigenvalue weighted by atomic mass is 10.3. The molecule has 3 aromatic rings. The van der Waals surface area contributed by atoms with Crippen LogP contribution in [-0.4, -0.2) is 29.7 Å². The van der Waals surface area contributed by atoms with Crippen molar-refractivity contribution >= 4 is 45.0 Å². The van der Waals surface area contributed by atoms with Gasteiger partial charge in [0.1, 0.15) is 12.3 Å². The van der Waals surface area contributed by atoms with Gasteiger partial charge in [-0.05, 0) is 37.3 Å². The Kier molecular flexibility index (Phi) is 6.26. The first-order valence-electron chi connectivity index (χ1n) is 8.26. The molecule has 2 aromatic carbocycles. The molecular formula is C19H17ClN2O4S. The van der Waals surface area contributed by atoms with Crippen molar-refractivity contribution in [2.24, 2.45) is 4.99 Å². The van der Waals surface area contributed by atoms with Crippen molar-refractivity contribution in [3.63, 3.8) is 0 Å². The first-order chi connectivity index (χ1) is 13.1. The Morgan fingerprint density at radius 2 is 1.96 bits per heavy atom. The van der Waals surface area contributed by atoms with Crippen LogP contribution in [0.1, 0.15) is 6.92 Å². The molecule has 0 bridgehead atoms. The molecule has 0 spiro atoms. The number of fused-ring (bicyclic) bond motifs is 1. The molecule has 3 rings (SSSR count). The normalized spacial score (nSPS) is 11.6. The van der Waals surface area contributed by atoms with Crippen LogP contribution in [0, 0.1) is 0 Å². The summed E-state index contributed by atoms with van der Waals surface area (Å²) < 4.78 is 12.9. The summed E-state index contributed by atoms with van der Waals surface area (Å²) >= 11 is 7.32. The third-order valence-electron chi connectivity index (χ3n) is 3.56. The molecule has 1 amide bonds. The Morgan fingerprint density at radius 3 is 2.70 bits per heavy atom. The fraction of sp³-hybridized carbons (Fsp3) is 0.211. The second-order valence-corrected chi connectivity index (χ2v) is 6.94. The summed E-state index contributed by atoms with van der Waals surface area (Å²) in [6, 6.07) is 14.3. The zero-order valence-electron chi connectivity index (χ0n) is 14.6. The van der Waals surface area contributed by atoms with Gasteiger partial charge >= 0.3 is 5.97 Å². The van der Waals surface area contributed by atoms with Crippen molar-refractivity contribution in [1.82, 2.24) is 4.57 Å². The van der Waals surface area contributed by atoms with E-state index in [9.17, 15) is 9.59 Å². The minimum atomic E-state index is -0.450. The number of rotatable bonds is 6. The van der Waals surface area contributed by atoms with Crippen LogP contribution >= 0.6 is 22.9 Å². The maximum Gasteiger partial charge on any atom is 0.326 e. The van der Waals surface area contributed by atoms with E-state index in [0.717, 1.165) is 10.2 Å². The number of aromatic nitrogens is 1. The molecule has 0 radical (unpaired) electrons. The summed E-state index contributed by atoms with van der Waals surface area (Å²) in [7, 11) is 0. The molecule has 0 saturated heterocycles. The highest BCUT2D eigenvalue weighted by Crippen LogP contribution is 2.22. The van der Waals surface area contributed by atoms with Crippen LogP contribution in [0.4, 0.5) is 0 Å². The van der Waals surface area contributed by atoms with Crippen LogP contribution in [0.5, 0.6) is 5.75 Å². The molecule has 1 aromatic heterocycles. The minimum Gasteiger partial charge on any atom is -0.484 e. The second kappa shape index (κ2) is 8.83. The maximum atomic E-state index is 12.3. The molecule has 0 unspecified atom stereocenters. The van der Waals surface area contributed by atoms with Gasteiger partial charge in [0.25, 0.3) is 5.91 Å². The van der Waals surface area contributed by atoms with E-state index in [1.807, 2.05) is 18.2 Å². The Hall–Kier alpha value is -2.64. The zero-order valence-corrected chi connectivity index (χ0v) is 16.1. The first-order valence-corrected chi connectivity index (χ1v) is 9.46. The number of ether oxygens (including phenoxy) is 2. The summed E-state index contributed by atoms with van der Waals surface area (Å²) in [6.45, 7) is 1.78. The topological polar surface area (TPSA) is 69.9 Å². The Morgan fingerprint density at radius 1 is 1.19 bits per heavy atom. The third-order valence-corrected chi connectivity index (χ3v) is 4.84. The third kappa shape index (κ3) is 4.96. The number of para-hydroxylation sites is 1. The number of benzene rings is 2. The number of carbonyl (C=O) groups is 2. The SMILES string of the molecule is CCOC(=O)Cn1c(=NC(=O)COc2ccccc2)sc2cc(Cl)ccc21. The summed E-state index contributed by atoms with van der Waals surface area (Å²) in [5.74, 6) is -0.265. The summed E-state index contributed by atoms with van der Waals surface area (Å²) in [6.07, 6.45) is 0. The quantitative estimate of drug-likeness (QED) is 0.590. The zero-order chi connectivity index (χ0) is 19.2. The van der Waals surface area contributed by atoms with Gasteiger partial charge in [-0.25, -0.2) is 0 Å². The van der Waals surface area contributed by atoms with E-state index in [2.05, 4.69) is 4.99 Å². The lowest BCUT2D eigenvalue weighted by Crippen LogP contribution is -2.24. The van der Waals surface area contributed by atoms with Gasteiger partial charge < -0.3 is 14.0 Å². The van der Waals surface area contributed by atoms with Crippen molar-refractivity contribution in [3.8, 4) is 5.75 Å². The van der Waals surface area contributed by atoms with Gasteiger partial charge in [-0.2, -0.15) is 4.99 Å². The Balaban J connectivity index is 1.90. The fourth-order valence-corrected chi connectivity index (χ4v) is 3.74. The average molecular weight is 405 g/mol. The van der Waals surface area contributed by atoms with Gasteiger partial charge in [-0.3, -0.25) is 9.59 Å². The summed E-state index contributed by atoms with van der Waals surface area (Å²) in [5.41, 5.74) is 0.757. The molecule has 1 heterocycles. The number of thiazole rings is 1. The number of carbonyl (C=O) groups excluding carboxylic acids is 2. The van der Waals surface area contributed by atoms with E-state index in [0.29, 0.717) is 15.6 Å². The van der Waals surface area contributed by atoms with Gasteiger partial charge in [-0.15, -0.1) is 0 Å². The van der Waals surface area contributed by atoms with E-state index in [1.54, 1.807) is 41.8 Å². The molecule has 0 aliphatic carbocycles. The Labute approximate surface area is 164 Å². The Bertz CT molecular complexity index is 1030. The predicted octanol–water partition coefficient (Wildman–Crippen LogP) is 3.43. The van der Waals surface area contributed by atoms with Gasteiger partial charge in [-0.1, -0.05) is 41.1 Å². The van der Waals surface area contributed by atoms with Gasteiger partial charge in [0.05, 0.1) is 16.8 Å². The van der Waals surface area contributed by atoms with Crippen molar-refractivity contribution in [3.05, 3.63) is 58.4 Å². The number of amides is 1. The molecule has 27 heavy (non-hydrogen) atoms. The standard InChI is InChI=1S/C19H17ClN2O4S/c1-2-25-18(24)11-22-15-9-8-13(20)10-16(15)27-19(22)21-17(23)12-26-14-6-4-3-5-7-14/h3-10H,2,11-12H2,1H3. The predicted molar refractivity (Wildman–Crippen MR) is 104 cm³/mol. The monoisotopic (exact) mass is 404 g/mol. The van der Waals surface area contributed by atoms with E-state index >= 15 is 0 Å². The molecule has 0 N–H and O–H groups in total. The highest BCUT2D eigenvalue weighted by atomic mass is 35.5. The van der Waals surface area contributed by atoms with Crippen LogP contribution in [-0.2, 0) is 20.9 Å². The van der Waals surface area contributed by atoms with Crippen LogP contribution in [0.15, 0.2) is 53.5 Å². The highest BCUT2D eigenvalue weighted by molar-refractivity contribution is 7.16. The molecular weight excluding hydrogens is 388 g/mol. The van der Waals surface area contributed by atoms with E-state index in [4.69, 9.17) is 21.1 Å². The highest BCUT2D eigenvalue weighted by Gasteiger charge is 2.13. The molecule has 0 fully saturated rings. The van der Waals surface area contributed by atoms with E-state index in [1.165, 1.54) is 11.3 Å². The van der Waals surface area contributed by atoms with Crippen LogP contribution < -0.4 is 9.54 Å². The lowest BCUT2D eigenvalue weighted by molar-refractivity contribution is -0.143. The van der Waals surface area contributed by atoms with E-state index in [-0.39, 0.29) is 19.8 Å². The fourth-order valence-electron chi connectivity index (χ4n) is 2.42. The average Bonchev–Trinajstić information content (AvgIpc) is 2.97. The van der Waals surface area contributed by atoms with Gasteiger partial charge in [0.15, 0.2) is 11.4 Å². The molecule has 0 atom stereocenters. The van der Waals surface area contributed by atoms with Crippen molar-refractivity contribution in [2.45, 2.75) is 13.5 Å². The smallest absolute Gasteiger partial charge is 0.326 e. The van der Waals surface area contributed by atoms with Crippen molar-refractivity contribution in [1.29, 1.82) is 0 Å². The number of hydrogen-bond acceptors (Lipinski definition) is 5. The van der Waals surface area contributed by atoms with E-state index < -0.39 is 11.9 Å². The first kappa shape index (κ1) is 19.1. The lowest BCUT2D eigenvalue weighted by Gasteiger charge is -2.05. The molecule has 0 aliphatic heterocycles. The van der Waals surface area contributed by atoms with Gasteiger partial charge in [0, 0.05) is 5.02 Å². The number of halogens is 1. The second-order valence-electron chi connectivity index (χ2n) is 5.50. The molecule has 0 saturated carbocycles. The van der Waals surface area contributed by atoms with Crippen LogP contribution in [0.2, 0.25) is 5.02 Å². The molecule has 0 aliphatic rings. The largest absolute Gasteiger partial charge is 0.484 e.